The summed E-state index contributed by atoms with van der Waals surface area (Å²) in [4.78, 5) is 24.9. The van der Waals surface area contributed by atoms with Gasteiger partial charge in [-0.1, -0.05) is 24.7 Å². The van der Waals surface area contributed by atoms with Crippen molar-refractivity contribution in [2.45, 2.75) is 109 Å². The summed E-state index contributed by atoms with van der Waals surface area (Å²) in [5.74, 6) is 11.4. The minimum Gasteiger partial charge on any atom is -0.494 e. The van der Waals surface area contributed by atoms with Gasteiger partial charge in [-0.3, -0.25) is 0 Å². The van der Waals surface area contributed by atoms with Crippen molar-refractivity contribution >= 4 is 11.9 Å². The average molecular weight is 781 g/mol. The van der Waals surface area contributed by atoms with Crippen LogP contribution in [-0.4, -0.2) is 64.2 Å². The minimum atomic E-state index is -0.708. The van der Waals surface area contributed by atoms with E-state index < -0.39 is 11.9 Å². The molecule has 3 aromatic rings. The van der Waals surface area contributed by atoms with Gasteiger partial charge in [0, 0.05) is 49.4 Å². The van der Waals surface area contributed by atoms with Crippen LogP contribution >= 0.6 is 0 Å². The molecule has 2 heterocycles. The smallest absolute Gasteiger partial charge is 0.390 e. The van der Waals surface area contributed by atoms with Gasteiger partial charge >= 0.3 is 11.9 Å². The predicted octanol–water partition coefficient (Wildman–Crippen LogP) is 8.87. The van der Waals surface area contributed by atoms with E-state index in [4.69, 9.17) is 37.9 Å². The lowest BCUT2D eigenvalue weighted by atomic mass is 10.2. The third-order valence-electron chi connectivity index (χ3n) is 9.38. The molecule has 2 saturated heterocycles. The number of rotatable bonds is 20. The Hall–Kier alpha value is -4.84. The van der Waals surface area contributed by atoms with Crippen LogP contribution in [0.2, 0.25) is 0 Å². The summed E-state index contributed by atoms with van der Waals surface area (Å²) in [6, 6.07) is 19.2. The van der Waals surface area contributed by atoms with Gasteiger partial charge in [-0.05, 0) is 156 Å². The second kappa shape index (κ2) is 25.4. The molecule has 0 saturated carbocycles. The topological polar surface area (TPSA) is 108 Å². The molecule has 2 unspecified atom stereocenters. The Labute approximate surface area is 337 Å². The van der Waals surface area contributed by atoms with Crippen molar-refractivity contribution in [3.63, 3.8) is 0 Å². The van der Waals surface area contributed by atoms with Gasteiger partial charge in [0.1, 0.15) is 23.0 Å². The number of unbranched alkanes of at least 4 members (excludes halogenated alkanes) is 6. The number of carbonyl (C=O) groups excluding carboxylic acids is 2. The van der Waals surface area contributed by atoms with Crippen molar-refractivity contribution in [2.75, 3.05) is 39.6 Å². The van der Waals surface area contributed by atoms with E-state index >= 15 is 0 Å². The Kier molecular flexibility index (Phi) is 19.3. The molecule has 0 radical (unpaired) electrons. The molecule has 304 valence electrons. The van der Waals surface area contributed by atoms with Gasteiger partial charge in [0.15, 0.2) is 12.6 Å². The highest BCUT2D eigenvalue weighted by Crippen LogP contribution is 2.24. The molecule has 0 bridgehead atoms. The second-order valence-corrected chi connectivity index (χ2v) is 14.1. The fraction of sp³-hybridized carbons (Fsp3) is 0.489. The Morgan fingerprint density at radius 2 is 1.02 bits per heavy atom. The molecular formula is C47H56O10. The lowest BCUT2D eigenvalue weighted by Crippen LogP contribution is -2.22. The summed E-state index contributed by atoms with van der Waals surface area (Å²) < 4.78 is 45.2. The first-order chi connectivity index (χ1) is 28.0. The van der Waals surface area contributed by atoms with E-state index in [9.17, 15) is 9.59 Å². The molecule has 3 aromatic carbocycles. The summed E-state index contributed by atoms with van der Waals surface area (Å²) >= 11 is 0. The summed E-state index contributed by atoms with van der Waals surface area (Å²) in [6.45, 7) is 6.11. The van der Waals surface area contributed by atoms with Crippen LogP contribution in [0.5, 0.6) is 23.0 Å². The molecular weight excluding hydrogens is 725 g/mol. The predicted molar refractivity (Wildman–Crippen MR) is 216 cm³/mol. The van der Waals surface area contributed by atoms with Crippen LogP contribution in [0.25, 0.3) is 0 Å². The molecule has 0 aliphatic carbocycles. The van der Waals surface area contributed by atoms with Crippen molar-refractivity contribution in [1.82, 2.24) is 0 Å². The Morgan fingerprint density at radius 1 is 0.561 bits per heavy atom. The quantitative estimate of drug-likeness (QED) is 0.0478. The van der Waals surface area contributed by atoms with Crippen LogP contribution in [0, 0.1) is 30.6 Å². The number of aryl methyl sites for hydroxylation is 1. The largest absolute Gasteiger partial charge is 0.494 e. The van der Waals surface area contributed by atoms with Crippen molar-refractivity contribution in [2.24, 2.45) is 0 Å². The molecule has 10 nitrogen and oxygen atoms in total. The van der Waals surface area contributed by atoms with Crippen LogP contribution in [0.15, 0.2) is 66.7 Å². The summed E-state index contributed by atoms with van der Waals surface area (Å²) in [5.41, 5.74) is 1.92. The monoisotopic (exact) mass is 780 g/mol. The zero-order valence-electron chi connectivity index (χ0n) is 33.2. The molecule has 2 atom stereocenters. The van der Waals surface area contributed by atoms with E-state index in [0.29, 0.717) is 35.7 Å². The highest BCUT2D eigenvalue weighted by atomic mass is 16.7. The zero-order valence-corrected chi connectivity index (χ0v) is 33.2. The number of esters is 2. The highest BCUT2D eigenvalue weighted by Gasteiger charge is 2.14. The van der Waals surface area contributed by atoms with Gasteiger partial charge in [0.05, 0.1) is 13.2 Å². The number of hydrogen-bond acceptors (Lipinski definition) is 10. The van der Waals surface area contributed by atoms with Crippen LogP contribution in [0.4, 0.5) is 0 Å². The maximum atomic E-state index is 12.5. The zero-order chi connectivity index (χ0) is 39.8. The fourth-order valence-electron chi connectivity index (χ4n) is 6.18. The number of benzene rings is 3. The normalized spacial score (nSPS) is 16.3. The Balaban J connectivity index is 0.925. The van der Waals surface area contributed by atoms with Gasteiger partial charge in [0.2, 0.25) is 0 Å². The molecule has 2 aliphatic heterocycles. The number of hydrogen-bond donors (Lipinski definition) is 0. The van der Waals surface area contributed by atoms with E-state index in [-0.39, 0.29) is 18.3 Å². The van der Waals surface area contributed by atoms with E-state index in [2.05, 4.69) is 23.7 Å². The molecule has 10 heteroatoms. The minimum absolute atomic E-state index is 0.0167. The highest BCUT2D eigenvalue weighted by molar-refractivity contribution is 5.92. The van der Waals surface area contributed by atoms with Crippen LogP contribution < -0.4 is 18.9 Å². The van der Waals surface area contributed by atoms with Gasteiger partial charge in [-0.2, -0.15) is 0 Å². The van der Waals surface area contributed by atoms with Gasteiger partial charge < -0.3 is 37.9 Å². The summed E-state index contributed by atoms with van der Waals surface area (Å²) in [6.07, 6.45) is 14.9. The average Bonchev–Trinajstić information content (AvgIpc) is 3.24. The molecule has 2 aliphatic rings. The van der Waals surface area contributed by atoms with Crippen molar-refractivity contribution in [1.29, 1.82) is 0 Å². The Morgan fingerprint density at radius 3 is 1.47 bits per heavy atom. The molecule has 0 N–H and O–H groups in total. The van der Waals surface area contributed by atoms with E-state index in [0.717, 1.165) is 115 Å². The maximum absolute atomic E-state index is 12.5. The lowest BCUT2D eigenvalue weighted by Gasteiger charge is -2.22. The van der Waals surface area contributed by atoms with E-state index in [1.807, 2.05) is 24.3 Å². The van der Waals surface area contributed by atoms with Crippen LogP contribution in [0.3, 0.4) is 0 Å². The molecule has 57 heavy (non-hydrogen) atoms. The number of ether oxygens (including phenoxy) is 8. The third-order valence-corrected chi connectivity index (χ3v) is 9.38. The molecule has 0 aromatic heterocycles. The summed E-state index contributed by atoms with van der Waals surface area (Å²) in [5, 5.41) is 0. The molecule has 5 rings (SSSR count). The van der Waals surface area contributed by atoms with E-state index in [1.165, 1.54) is 18.9 Å². The van der Waals surface area contributed by atoms with Crippen LogP contribution in [-0.2, 0) is 28.5 Å². The standard InChI is InChI=1S/C47H56O10/c1-37-36-42(56-44(48)28-20-38-16-22-40(23-17-38)50-30-8-2-4-10-32-52-46-14-6-12-34-54-46)26-27-43(37)57-45(49)29-21-39-18-24-41(25-19-39)51-31-9-3-5-11-33-53-47-15-7-13-35-55-47/h16-19,22-27,36,46-47H,2-15,30-35H2,1H3. The molecule has 0 spiro atoms. The summed E-state index contributed by atoms with van der Waals surface area (Å²) in [7, 11) is 0. The molecule has 2 fully saturated rings. The van der Waals surface area contributed by atoms with Gasteiger partial charge in [0.25, 0.3) is 0 Å². The first kappa shape index (κ1) is 43.3. The Bertz CT molecular complexity index is 1770. The van der Waals surface area contributed by atoms with Crippen molar-refractivity contribution in [3.05, 3.63) is 83.4 Å². The van der Waals surface area contributed by atoms with Gasteiger partial charge in [-0.15, -0.1) is 0 Å². The maximum Gasteiger partial charge on any atom is 0.390 e. The first-order valence-electron chi connectivity index (χ1n) is 20.5. The van der Waals surface area contributed by atoms with Crippen molar-refractivity contribution in [3.8, 4) is 46.7 Å². The third kappa shape index (κ3) is 17.5. The van der Waals surface area contributed by atoms with Crippen LogP contribution in [0.1, 0.15) is 107 Å². The fourth-order valence-corrected chi connectivity index (χ4v) is 6.18. The van der Waals surface area contributed by atoms with E-state index in [1.54, 1.807) is 43.3 Å². The SMILES string of the molecule is Cc1cc(OC(=O)C#Cc2ccc(OCCCCCCOC3CCCCO3)cc2)ccc1OC(=O)C#Cc1ccc(OCCCCCCOC2CCCCO2)cc1. The second-order valence-electron chi connectivity index (χ2n) is 14.1. The molecule has 0 amide bonds. The number of carbonyl (C=O) groups is 2. The van der Waals surface area contributed by atoms with Gasteiger partial charge in [-0.25, -0.2) is 9.59 Å². The van der Waals surface area contributed by atoms with Crippen molar-refractivity contribution < 1.29 is 47.5 Å². The lowest BCUT2D eigenvalue weighted by molar-refractivity contribution is -0.163. The first-order valence-corrected chi connectivity index (χ1v) is 20.5.